The van der Waals surface area contributed by atoms with E-state index in [2.05, 4.69) is 25.6 Å². The van der Waals surface area contributed by atoms with Crippen molar-refractivity contribution in [1.82, 2.24) is 24.8 Å². The number of benzene rings is 2. The molecule has 9 heteroatoms. The number of nitrogens with zero attached hydrogens (tertiary/aromatic N) is 3. The lowest BCUT2D eigenvalue weighted by Crippen LogP contribution is -2.34. The van der Waals surface area contributed by atoms with Crippen LogP contribution in [-0.2, 0) is 24.3 Å². The molecule has 0 saturated carbocycles. The molecule has 0 radical (unpaired) electrons. The first-order valence-electron chi connectivity index (χ1n) is 12.3. The van der Waals surface area contributed by atoms with E-state index in [9.17, 15) is 9.59 Å². The summed E-state index contributed by atoms with van der Waals surface area (Å²) in [7, 11) is 1.63. The average Bonchev–Trinajstić information content (AvgIpc) is 3.38. The maximum Gasteiger partial charge on any atom is 0.294 e. The fraction of sp³-hybridized carbons (Fsp3) is 0.172. The zero-order valence-corrected chi connectivity index (χ0v) is 21.0. The van der Waals surface area contributed by atoms with Gasteiger partial charge in [-0.3, -0.25) is 19.1 Å². The molecule has 0 spiro atoms. The number of nitrogens with one attached hydrogen (secondary N) is 3. The molecule has 0 aliphatic carbocycles. The molecule has 9 nitrogen and oxygen atoms in total. The van der Waals surface area contributed by atoms with E-state index >= 15 is 0 Å². The highest BCUT2D eigenvalue weighted by Gasteiger charge is 2.15. The summed E-state index contributed by atoms with van der Waals surface area (Å²) < 4.78 is 6.87. The van der Waals surface area contributed by atoms with Gasteiger partial charge in [-0.2, -0.15) is 0 Å². The van der Waals surface area contributed by atoms with Gasteiger partial charge in [0.15, 0.2) is 5.82 Å². The van der Waals surface area contributed by atoms with Crippen molar-refractivity contribution in [3.05, 3.63) is 107 Å². The van der Waals surface area contributed by atoms with Crippen molar-refractivity contribution in [3.63, 3.8) is 0 Å². The summed E-state index contributed by atoms with van der Waals surface area (Å²) in [5, 5.41) is 7.01. The van der Waals surface area contributed by atoms with Gasteiger partial charge in [-0.1, -0.05) is 48.5 Å². The minimum absolute atomic E-state index is 0.144. The normalized spacial score (nSPS) is 10.9. The van der Waals surface area contributed by atoms with Crippen LogP contribution in [0, 0.1) is 0 Å². The summed E-state index contributed by atoms with van der Waals surface area (Å²) in [6, 6.07) is 21.0. The van der Waals surface area contributed by atoms with Crippen molar-refractivity contribution in [2.75, 3.05) is 19.0 Å². The summed E-state index contributed by atoms with van der Waals surface area (Å²) in [6.45, 7) is 0.640. The monoisotopic (exact) mass is 508 g/mol. The quantitative estimate of drug-likeness (QED) is 0.265. The molecule has 5 aromatic rings. The highest BCUT2D eigenvalue weighted by Crippen LogP contribution is 2.19. The molecule has 0 bridgehead atoms. The van der Waals surface area contributed by atoms with Crippen LogP contribution in [0.4, 0.5) is 5.82 Å². The number of amides is 1. The number of aromatic amines is 1. The zero-order valence-electron chi connectivity index (χ0n) is 21.0. The second-order valence-corrected chi connectivity index (χ2v) is 8.77. The Morgan fingerprint density at radius 1 is 1.05 bits per heavy atom. The van der Waals surface area contributed by atoms with Crippen molar-refractivity contribution in [2.24, 2.45) is 0 Å². The van der Waals surface area contributed by atoms with Crippen molar-refractivity contribution < 1.29 is 9.53 Å². The van der Waals surface area contributed by atoms with Crippen LogP contribution in [0.2, 0.25) is 0 Å². The van der Waals surface area contributed by atoms with Gasteiger partial charge in [0.05, 0.1) is 25.5 Å². The Hall–Kier alpha value is -4.92. The van der Waals surface area contributed by atoms with E-state index in [4.69, 9.17) is 4.74 Å². The van der Waals surface area contributed by atoms with E-state index in [1.165, 1.54) is 4.57 Å². The smallest absolute Gasteiger partial charge is 0.294 e. The van der Waals surface area contributed by atoms with E-state index in [-0.39, 0.29) is 23.8 Å². The maximum atomic E-state index is 13.5. The summed E-state index contributed by atoms with van der Waals surface area (Å²) in [4.78, 5) is 38.2. The van der Waals surface area contributed by atoms with Crippen LogP contribution in [0.15, 0.2) is 90.1 Å². The number of pyridine rings is 1. The van der Waals surface area contributed by atoms with Gasteiger partial charge in [-0.05, 0) is 35.7 Å². The largest absolute Gasteiger partial charge is 0.496 e. The summed E-state index contributed by atoms with van der Waals surface area (Å²) in [5.74, 6) is 0.699. The van der Waals surface area contributed by atoms with Crippen LogP contribution in [0.5, 0.6) is 5.75 Å². The SMILES string of the molecule is COc1ccccc1CCNc1ncc(-c2ccccc2)n(CC(=O)NCc2cc3cnccc3[nH]2)c1=O. The third-order valence-electron chi connectivity index (χ3n) is 6.26. The molecule has 2 aromatic carbocycles. The van der Waals surface area contributed by atoms with Crippen LogP contribution in [0.1, 0.15) is 11.3 Å². The Balaban J connectivity index is 1.33. The number of fused-ring (bicyclic) bond motifs is 1. The molecule has 0 atom stereocenters. The summed E-state index contributed by atoms with van der Waals surface area (Å²) in [6.07, 6.45) is 5.75. The lowest BCUT2D eigenvalue weighted by molar-refractivity contribution is -0.121. The fourth-order valence-corrected chi connectivity index (χ4v) is 4.35. The van der Waals surface area contributed by atoms with Gasteiger partial charge >= 0.3 is 0 Å². The molecule has 38 heavy (non-hydrogen) atoms. The van der Waals surface area contributed by atoms with E-state index in [1.54, 1.807) is 25.7 Å². The molecule has 5 rings (SSSR count). The standard InChI is InChI=1S/C29H28N6O3/c1-38-26-10-6-5-9-21(26)11-14-31-28-29(37)35(25(18-33-28)20-7-3-2-4-8-20)19-27(36)32-17-23-15-22-16-30-13-12-24(22)34-23/h2-10,12-13,15-16,18,34H,11,14,17,19H2,1H3,(H,31,33)(H,32,36). The van der Waals surface area contributed by atoms with Gasteiger partial charge in [-0.15, -0.1) is 0 Å². The molecule has 0 aliphatic heterocycles. The highest BCUT2D eigenvalue weighted by atomic mass is 16.5. The van der Waals surface area contributed by atoms with Gasteiger partial charge in [0, 0.05) is 35.5 Å². The molecular weight excluding hydrogens is 480 g/mol. The molecule has 0 fully saturated rings. The lowest BCUT2D eigenvalue weighted by atomic mass is 10.1. The van der Waals surface area contributed by atoms with E-state index in [1.807, 2.05) is 66.7 Å². The van der Waals surface area contributed by atoms with E-state index < -0.39 is 0 Å². The Morgan fingerprint density at radius 3 is 2.68 bits per heavy atom. The Kier molecular flexibility index (Phi) is 7.44. The maximum absolute atomic E-state index is 13.5. The molecule has 3 aromatic heterocycles. The van der Waals surface area contributed by atoms with Crippen LogP contribution in [0.3, 0.4) is 0 Å². The molecular formula is C29H28N6O3. The fourth-order valence-electron chi connectivity index (χ4n) is 4.35. The second-order valence-electron chi connectivity index (χ2n) is 8.77. The molecule has 192 valence electrons. The topological polar surface area (TPSA) is 114 Å². The summed E-state index contributed by atoms with van der Waals surface area (Å²) in [5.41, 5.74) is 3.83. The Morgan fingerprint density at radius 2 is 1.87 bits per heavy atom. The lowest BCUT2D eigenvalue weighted by Gasteiger charge is -2.15. The predicted molar refractivity (Wildman–Crippen MR) is 147 cm³/mol. The molecule has 0 saturated heterocycles. The number of carbonyl (C=O) groups is 1. The van der Waals surface area contributed by atoms with Crippen LogP contribution in [0.25, 0.3) is 22.2 Å². The van der Waals surface area contributed by atoms with Crippen LogP contribution in [-0.4, -0.2) is 39.1 Å². The minimum Gasteiger partial charge on any atom is -0.496 e. The third kappa shape index (κ3) is 5.57. The van der Waals surface area contributed by atoms with Gasteiger partial charge in [-0.25, -0.2) is 4.98 Å². The first kappa shape index (κ1) is 24.8. The van der Waals surface area contributed by atoms with Crippen molar-refractivity contribution in [2.45, 2.75) is 19.5 Å². The van der Waals surface area contributed by atoms with Crippen molar-refractivity contribution >= 4 is 22.6 Å². The first-order valence-corrected chi connectivity index (χ1v) is 12.3. The Labute approximate surface area is 219 Å². The number of hydrogen-bond acceptors (Lipinski definition) is 6. The number of H-pyrrole nitrogens is 1. The summed E-state index contributed by atoms with van der Waals surface area (Å²) >= 11 is 0. The minimum atomic E-state index is -0.363. The van der Waals surface area contributed by atoms with Crippen molar-refractivity contribution in [3.8, 4) is 17.0 Å². The zero-order chi connectivity index (χ0) is 26.3. The number of rotatable bonds is 10. The second kappa shape index (κ2) is 11.4. The molecule has 3 N–H and O–H groups in total. The van der Waals surface area contributed by atoms with E-state index in [0.717, 1.165) is 33.5 Å². The van der Waals surface area contributed by atoms with Crippen LogP contribution < -0.4 is 20.9 Å². The third-order valence-corrected chi connectivity index (χ3v) is 6.26. The number of para-hydroxylation sites is 1. The van der Waals surface area contributed by atoms with Gasteiger partial charge in [0.2, 0.25) is 5.91 Å². The number of hydrogen-bond donors (Lipinski definition) is 3. The number of ether oxygens (including phenoxy) is 1. The number of methoxy groups -OCH3 is 1. The molecule has 1 amide bonds. The average molecular weight is 509 g/mol. The molecule has 0 unspecified atom stereocenters. The van der Waals surface area contributed by atoms with Crippen LogP contribution >= 0.6 is 0 Å². The first-order chi connectivity index (χ1) is 18.6. The molecule has 3 heterocycles. The number of aromatic nitrogens is 4. The predicted octanol–water partition coefficient (Wildman–Crippen LogP) is 3.77. The molecule has 0 aliphatic rings. The van der Waals surface area contributed by atoms with E-state index in [0.29, 0.717) is 25.2 Å². The highest BCUT2D eigenvalue weighted by molar-refractivity contribution is 5.80. The van der Waals surface area contributed by atoms with Gasteiger partial charge < -0.3 is 20.4 Å². The number of anilines is 1. The van der Waals surface area contributed by atoms with Crippen molar-refractivity contribution in [1.29, 1.82) is 0 Å². The Bertz CT molecular complexity index is 1580. The van der Waals surface area contributed by atoms with Gasteiger partial charge in [0.25, 0.3) is 5.56 Å². The van der Waals surface area contributed by atoms with Gasteiger partial charge in [0.1, 0.15) is 12.3 Å². The number of carbonyl (C=O) groups excluding carboxylic acids is 1.